The Labute approximate surface area is 166 Å². The van der Waals surface area contributed by atoms with Crippen molar-refractivity contribution in [1.82, 2.24) is 24.6 Å². The molecule has 0 bridgehead atoms. The Kier molecular flexibility index (Phi) is 4.11. The molecule has 0 spiro atoms. The second kappa shape index (κ2) is 6.68. The SMILES string of the molecule is Cn1ccnc1[C@@H]1[C@@H](C(=O)Nc2n[nH]c3cc(F)ccc23)CCC(=O)N1C1CC1. The lowest BCUT2D eigenvalue weighted by Gasteiger charge is -2.40. The number of aryl methyl sites for hydroxylation is 1. The number of imidazole rings is 1. The maximum absolute atomic E-state index is 13.4. The van der Waals surface area contributed by atoms with Gasteiger partial charge >= 0.3 is 0 Å². The lowest BCUT2D eigenvalue weighted by molar-refractivity contribution is -0.143. The Bertz CT molecular complexity index is 1100. The van der Waals surface area contributed by atoms with Crippen LogP contribution in [-0.2, 0) is 16.6 Å². The van der Waals surface area contributed by atoms with Crippen LogP contribution < -0.4 is 5.32 Å². The quantitative estimate of drug-likeness (QED) is 0.708. The van der Waals surface area contributed by atoms with E-state index in [4.69, 9.17) is 0 Å². The highest BCUT2D eigenvalue weighted by Gasteiger charge is 2.48. The number of fused-ring (bicyclic) bond motifs is 1. The molecule has 1 saturated heterocycles. The molecule has 3 heterocycles. The molecule has 2 aliphatic rings. The van der Waals surface area contributed by atoms with E-state index in [0.717, 1.165) is 12.8 Å². The van der Waals surface area contributed by atoms with Crippen molar-refractivity contribution in [1.29, 1.82) is 0 Å². The van der Waals surface area contributed by atoms with Crippen molar-refractivity contribution in [3.8, 4) is 0 Å². The van der Waals surface area contributed by atoms with Crippen molar-refractivity contribution in [3.05, 3.63) is 42.2 Å². The summed E-state index contributed by atoms with van der Waals surface area (Å²) in [7, 11) is 1.87. The van der Waals surface area contributed by atoms with E-state index in [9.17, 15) is 14.0 Å². The molecule has 2 fully saturated rings. The smallest absolute Gasteiger partial charge is 0.231 e. The second-order valence-electron chi connectivity index (χ2n) is 7.77. The highest BCUT2D eigenvalue weighted by molar-refractivity contribution is 6.01. The number of amides is 2. The van der Waals surface area contributed by atoms with Gasteiger partial charge in [0.2, 0.25) is 11.8 Å². The first-order valence-corrected chi connectivity index (χ1v) is 9.76. The number of likely N-dealkylation sites (tertiary alicyclic amines) is 1. The van der Waals surface area contributed by atoms with Crippen LogP contribution in [0.2, 0.25) is 0 Å². The van der Waals surface area contributed by atoms with E-state index in [1.807, 2.05) is 22.7 Å². The number of aromatic amines is 1. The number of hydrogen-bond donors (Lipinski definition) is 2. The molecule has 3 aromatic rings. The molecule has 0 unspecified atom stereocenters. The number of halogens is 1. The molecule has 150 valence electrons. The van der Waals surface area contributed by atoms with Crippen molar-refractivity contribution in [2.24, 2.45) is 13.0 Å². The Morgan fingerprint density at radius 2 is 2.14 bits per heavy atom. The van der Waals surface area contributed by atoms with Gasteiger partial charge in [0.05, 0.1) is 11.4 Å². The number of benzene rings is 1. The van der Waals surface area contributed by atoms with Crippen molar-refractivity contribution in [2.75, 3.05) is 5.32 Å². The first-order valence-electron chi connectivity index (χ1n) is 9.76. The van der Waals surface area contributed by atoms with Gasteiger partial charge in [-0.2, -0.15) is 5.10 Å². The number of carbonyl (C=O) groups is 2. The molecule has 1 aliphatic heterocycles. The summed E-state index contributed by atoms with van der Waals surface area (Å²) in [4.78, 5) is 32.3. The van der Waals surface area contributed by atoms with E-state index in [0.29, 0.717) is 35.4 Å². The van der Waals surface area contributed by atoms with Gasteiger partial charge < -0.3 is 14.8 Å². The molecule has 8 nitrogen and oxygen atoms in total. The lowest BCUT2D eigenvalue weighted by atomic mass is 9.86. The number of aromatic nitrogens is 4. The van der Waals surface area contributed by atoms with Crippen LogP contribution in [0, 0.1) is 11.7 Å². The Morgan fingerprint density at radius 3 is 2.86 bits per heavy atom. The van der Waals surface area contributed by atoms with Gasteiger partial charge in [0.1, 0.15) is 17.7 Å². The molecule has 5 rings (SSSR count). The summed E-state index contributed by atoms with van der Waals surface area (Å²) in [6.07, 6.45) is 6.20. The minimum atomic E-state index is -0.443. The Morgan fingerprint density at radius 1 is 1.31 bits per heavy atom. The largest absolute Gasteiger partial charge is 0.336 e. The van der Waals surface area contributed by atoms with Crippen molar-refractivity contribution >= 4 is 28.5 Å². The average Bonchev–Trinajstić information content (AvgIpc) is 3.33. The fourth-order valence-electron chi connectivity index (χ4n) is 4.24. The van der Waals surface area contributed by atoms with Gasteiger partial charge in [-0.3, -0.25) is 14.7 Å². The summed E-state index contributed by atoms with van der Waals surface area (Å²) < 4.78 is 15.3. The van der Waals surface area contributed by atoms with Gasteiger partial charge in [-0.25, -0.2) is 9.37 Å². The number of piperidine rings is 1. The predicted octanol–water partition coefficient (Wildman–Crippen LogP) is 2.52. The van der Waals surface area contributed by atoms with Gasteiger partial charge in [-0.05, 0) is 37.5 Å². The van der Waals surface area contributed by atoms with Crippen LogP contribution in [0.25, 0.3) is 10.9 Å². The maximum atomic E-state index is 13.4. The average molecular weight is 396 g/mol. The molecule has 1 aliphatic carbocycles. The summed E-state index contributed by atoms with van der Waals surface area (Å²) in [5.41, 5.74) is 0.513. The van der Waals surface area contributed by atoms with Crippen LogP contribution in [0.3, 0.4) is 0 Å². The molecular formula is C20H21FN6O2. The third-order valence-corrected chi connectivity index (χ3v) is 5.80. The molecule has 2 N–H and O–H groups in total. The van der Waals surface area contributed by atoms with E-state index < -0.39 is 12.0 Å². The zero-order valence-corrected chi connectivity index (χ0v) is 15.9. The normalized spacial score (nSPS) is 22.3. The molecule has 2 amide bonds. The minimum absolute atomic E-state index is 0.0743. The van der Waals surface area contributed by atoms with Crippen molar-refractivity contribution < 1.29 is 14.0 Å². The van der Waals surface area contributed by atoms with E-state index in [1.54, 1.807) is 12.3 Å². The molecule has 9 heteroatoms. The van der Waals surface area contributed by atoms with Crippen LogP contribution in [-0.4, -0.2) is 42.5 Å². The number of hydrogen-bond acceptors (Lipinski definition) is 4. The van der Waals surface area contributed by atoms with E-state index >= 15 is 0 Å². The van der Waals surface area contributed by atoms with E-state index in [1.165, 1.54) is 12.1 Å². The lowest BCUT2D eigenvalue weighted by Crippen LogP contribution is -2.48. The van der Waals surface area contributed by atoms with Crippen LogP contribution in [0.5, 0.6) is 0 Å². The van der Waals surface area contributed by atoms with Crippen LogP contribution in [0.4, 0.5) is 10.2 Å². The van der Waals surface area contributed by atoms with Crippen LogP contribution in [0.1, 0.15) is 37.5 Å². The third-order valence-electron chi connectivity index (χ3n) is 5.80. The second-order valence-corrected chi connectivity index (χ2v) is 7.77. The van der Waals surface area contributed by atoms with Crippen molar-refractivity contribution in [2.45, 2.75) is 37.8 Å². The topological polar surface area (TPSA) is 95.9 Å². The zero-order chi connectivity index (χ0) is 20.1. The van der Waals surface area contributed by atoms with E-state index in [-0.39, 0.29) is 23.7 Å². The van der Waals surface area contributed by atoms with Crippen LogP contribution >= 0.6 is 0 Å². The van der Waals surface area contributed by atoms with Crippen molar-refractivity contribution in [3.63, 3.8) is 0 Å². The summed E-state index contributed by atoms with van der Waals surface area (Å²) >= 11 is 0. The molecule has 2 aromatic heterocycles. The fourth-order valence-corrected chi connectivity index (χ4v) is 4.24. The Balaban J connectivity index is 1.48. The summed E-state index contributed by atoms with van der Waals surface area (Å²) in [5.74, 6) is 0.109. The highest BCUT2D eigenvalue weighted by atomic mass is 19.1. The molecule has 2 atom stereocenters. The van der Waals surface area contributed by atoms with Gasteiger partial charge in [-0.15, -0.1) is 0 Å². The maximum Gasteiger partial charge on any atom is 0.231 e. The van der Waals surface area contributed by atoms with Gasteiger partial charge in [-0.1, -0.05) is 0 Å². The molecule has 29 heavy (non-hydrogen) atoms. The number of nitrogens with one attached hydrogen (secondary N) is 2. The summed E-state index contributed by atoms with van der Waals surface area (Å²) in [5, 5.41) is 10.4. The first-order chi connectivity index (χ1) is 14.0. The van der Waals surface area contributed by atoms with Gasteiger partial charge in [0.15, 0.2) is 5.82 Å². The number of H-pyrrole nitrogens is 1. The van der Waals surface area contributed by atoms with Gasteiger partial charge in [0, 0.05) is 37.3 Å². The predicted molar refractivity (Wildman–Crippen MR) is 103 cm³/mol. The minimum Gasteiger partial charge on any atom is -0.336 e. The van der Waals surface area contributed by atoms with Crippen LogP contribution in [0.15, 0.2) is 30.6 Å². The molecule has 0 radical (unpaired) electrons. The number of rotatable bonds is 4. The summed E-state index contributed by atoms with van der Waals surface area (Å²) in [6.45, 7) is 0. The molecule has 1 aromatic carbocycles. The Hall–Kier alpha value is -3.23. The molecule has 1 saturated carbocycles. The van der Waals surface area contributed by atoms with E-state index in [2.05, 4.69) is 20.5 Å². The summed E-state index contributed by atoms with van der Waals surface area (Å²) in [6, 6.07) is 4.02. The highest BCUT2D eigenvalue weighted by Crippen LogP contribution is 2.43. The fraction of sp³-hybridized carbons (Fsp3) is 0.400. The zero-order valence-electron chi connectivity index (χ0n) is 15.9. The van der Waals surface area contributed by atoms with Gasteiger partial charge in [0.25, 0.3) is 0 Å². The molecular weight excluding hydrogens is 375 g/mol. The monoisotopic (exact) mass is 396 g/mol. The first kappa shape index (κ1) is 17.8. The number of carbonyl (C=O) groups excluding carboxylic acids is 2. The standard InChI is InChI=1S/C20H21FN6O2/c1-26-9-8-22-19(26)17-14(6-7-16(28)27(17)12-3-4-12)20(29)23-18-13-5-2-11(21)10-15(13)24-25-18/h2,5,8-10,12,14,17H,3-4,6-7H2,1H3,(H2,23,24,25,29)/t14-,17-/m0/s1. The number of nitrogens with zero attached hydrogens (tertiary/aromatic N) is 4. The third kappa shape index (κ3) is 3.06. The number of anilines is 1.